The fourth-order valence-electron chi connectivity index (χ4n) is 1.29. The highest BCUT2D eigenvalue weighted by molar-refractivity contribution is 5.93. The number of urea groups is 1. The molecule has 1 aromatic carbocycles. The summed E-state index contributed by atoms with van der Waals surface area (Å²) < 4.78 is 13.3. The first kappa shape index (κ1) is 14.4. The molecule has 1 unspecified atom stereocenters. The highest BCUT2D eigenvalue weighted by Gasteiger charge is 2.22. The Morgan fingerprint density at radius 1 is 1.53 bits per heavy atom. The number of rotatable bonds is 3. The van der Waals surface area contributed by atoms with Crippen LogP contribution in [0.2, 0.25) is 0 Å². The molecule has 100 valence electrons. The van der Waals surface area contributed by atoms with Crippen molar-refractivity contribution < 1.29 is 19.1 Å². The summed E-state index contributed by atoms with van der Waals surface area (Å²) in [6, 6.07) is 3.65. The van der Waals surface area contributed by atoms with Gasteiger partial charge in [0.05, 0.1) is 5.69 Å². The molecule has 0 heterocycles. The van der Waals surface area contributed by atoms with Gasteiger partial charge in [0.1, 0.15) is 23.5 Å². The molecule has 0 saturated heterocycles. The maximum absolute atomic E-state index is 13.3. The number of nitrogens with zero attached hydrogens (tertiary/aromatic N) is 2. The number of halogens is 1. The predicted molar refractivity (Wildman–Crippen MR) is 65.0 cm³/mol. The Bertz CT molecular complexity index is 554. The Morgan fingerprint density at radius 3 is 2.68 bits per heavy atom. The minimum atomic E-state index is -1.17. The number of amides is 2. The van der Waals surface area contributed by atoms with Crippen molar-refractivity contribution in [3.05, 3.63) is 29.6 Å². The third-order valence-electron chi connectivity index (χ3n) is 2.63. The van der Waals surface area contributed by atoms with Crippen LogP contribution in [0.3, 0.4) is 0 Å². The summed E-state index contributed by atoms with van der Waals surface area (Å²) in [5.74, 6) is -1.92. The zero-order valence-electron chi connectivity index (χ0n) is 10.3. The van der Waals surface area contributed by atoms with E-state index in [1.807, 2.05) is 0 Å². The molecule has 0 aliphatic rings. The summed E-state index contributed by atoms with van der Waals surface area (Å²) in [7, 11) is 1.29. The second-order valence-corrected chi connectivity index (χ2v) is 3.83. The molecule has 1 atom stereocenters. The molecule has 1 aromatic rings. The summed E-state index contributed by atoms with van der Waals surface area (Å²) in [5.41, 5.74) is -0.302. The topological polar surface area (TPSA) is 93.4 Å². The zero-order valence-corrected chi connectivity index (χ0v) is 10.3. The van der Waals surface area contributed by atoms with E-state index >= 15 is 0 Å². The summed E-state index contributed by atoms with van der Waals surface area (Å²) >= 11 is 0. The summed E-state index contributed by atoms with van der Waals surface area (Å²) in [4.78, 5) is 23.4. The van der Waals surface area contributed by atoms with E-state index in [-0.39, 0.29) is 11.3 Å². The predicted octanol–water partition coefficient (Wildman–Crippen LogP) is 1.63. The van der Waals surface area contributed by atoms with Crippen molar-refractivity contribution in [1.29, 1.82) is 5.26 Å². The van der Waals surface area contributed by atoms with Crippen molar-refractivity contribution in [1.82, 2.24) is 4.90 Å². The third-order valence-corrected chi connectivity index (χ3v) is 2.63. The van der Waals surface area contributed by atoms with Crippen LogP contribution in [-0.4, -0.2) is 35.1 Å². The molecule has 0 aliphatic heterocycles. The average Bonchev–Trinajstić information content (AvgIpc) is 2.37. The van der Waals surface area contributed by atoms with E-state index in [2.05, 4.69) is 5.32 Å². The lowest BCUT2D eigenvalue weighted by molar-refractivity contribution is -0.141. The molecule has 7 heteroatoms. The smallest absolute Gasteiger partial charge is 0.326 e. The van der Waals surface area contributed by atoms with Crippen LogP contribution in [0.25, 0.3) is 0 Å². The van der Waals surface area contributed by atoms with Crippen molar-refractivity contribution in [3.63, 3.8) is 0 Å². The Morgan fingerprint density at radius 2 is 2.16 bits per heavy atom. The highest BCUT2D eigenvalue weighted by Crippen LogP contribution is 2.18. The number of carbonyl (C=O) groups excluding carboxylic acids is 1. The Hall–Kier alpha value is -2.62. The van der Waals surface area contributed by atoms with Gasteiger partial charge in [-0.15, -0.1) is 0 Å². The number of aliphatic carboxylic acids is 1. The molecule has 19 heavy (non-hydrogen) atoms. The molecular formula is C12H12FN3O3. The van der Waals surface area contributed by atoms with Gasteiger partial charge in [-0.2, -0.15) is 5.26 Å². The lowest BCUT2D eigenvalue weighted by atomic mass is 10.2. The minimum Gasteiger partial charge on any atom is -0.480 e. The molecule has 0 fully saturated rings. The van der Waals surface area contributed by atoms with E-state index in [1.54, 1.807) is 6.07 Å². The van der Waals surface area contributed by atoms with Gasteiger partial charge < -0.3 is 15.3 Å². The van der Waals surface area contributed by atoms with Crippen LogP contribution >= 0.6 is 0 Å². The Labute approximate surface area is 109 Å². The number of nitrogens with one attached hydrogen (secondary N) is 1. The summed E-state index contributed by atoms with van der Waals surface area (Å²) in [6.45, 7) is 1.33. The number of benzene rings is 1. The van der Waals surface area contributed by atoms with Crippen LogP contribution in [0.4, 0.5) is 14.9 Å². The van der Waals surface area contributed by atoms with Crippen LogP contribution in [-0.2, 0) is 4.79 Å². The van der Waals surface area contributed by atoms with E-state index in [9.17, 15) is 14.0 Å². The molecule has 0 bridgehead atoms. The summed E-state index contributed by atoms with van der Waals surface area (Å²) in [6.07, 6.45) is 0. The number of hydrogen-bond donors (Lipinski definition) is 2. The van der Waals surface area contributed by atoms with Gasteiger partial charge in [0, 0.05) is 7.05 Å². The van der Waals surface area contributed by atoms with E-state index in [4.69, 9.17) is 10.4 Å². The maximum atomic E-state index is 13.3. The molecule has 0 aromatic heterocycles. The van der Waals surface area contributed by atoms with Crippen LogP contribution in [0.15, 0.2) is 18.2 Å². The molecule has 2 amide bonds. The van der Waals surface area contributed by atoms with Gasteiger partial charge in [-0.3, -0.25) is 0 Å². The monoisotopic (exact) mass is 265 g/mol. The molecule has 2 N–H and O–H groups in total. The number of nitriles is 1. The van der Waals surface area contributed by atoms with Crippen LogP contribution < -0.4 is 5.32 Å². The molecule has 6 nitrogen and oxygen atoms in total. The maximum Gasteiger partial charge on any atom is 0.326 e. The third kappa shape index (κ3) is 3.19. The van der Waals surface area contributed by atoms with Crippen LogP contribution in [0, 0.1) is 17.1 Å². The van der Waals surface area contributed by atoms with Gasteiger partial charge in [-0.25, -0.2) is 14.0 Å². The van der Waals surface area contributed by atoms with E-state index in [1.165, 1.54) is 26.1 Å². The van der Waals surface area contributed by atoms with E-state index in [0.29, 0.717) is 0 Å². The van der Waals surface area contributed by atoms with Gasteiger partial charge in [0.15, 0.2) is 0 Å². The molecule has 0 radical (unpaired) electrons. The van der Waals surface area contributed by atoms with Gasteiger partial charge in [0.2, 0.25) is 0 Å². The van der Waals surface area contributed by atoms with E-state index < -0.39 is 23.9 Å². The second-order valence-electron chi connectivity index (χ2n) is 3.83. The van der Waals surface area contributed by atoms with Crippen molar-refractivity contribution in [2.45, 2.75) is 13.0 Å². The quantitative estimate of drug-likeness (QED) is 0.868. The van der Waals surface area contributed by atoms with Gasteiger partial charge in [-0.05, 0) is 19.1 Å². The van der Waals surface area contributed by atoms with Crippen LogP contribution in [0.1, 0.15) is 12.5 Å². The first-order chi connectivity index (χ1) is 8.88. The zero-order chi connectivity index (χ0) is 14.6. The minimum absolute atomic E-state index is 0.00283. The SMILES string of the molecule is CC(C(=O)O)N(C)C(=O)Nc1cccc(F)c1C#N. The Balaban J connectivity index is 2.92. The number of likely N-dealkylation sites (N-methyl/N-ethyl adjacent to an activating group) is 1. The molecule has 0 spiro atoms. The van der Waals surface area contributed by atoms with Gasteiger partial charge >= 0.3 is 12.0 Å². The second kappa shape index (κ2) is 5.82. The number of carboxylic acid groups (broad SMARTS) is 1. The van der Waals surface area contributed by atoms with Gasteiger partial charge in [-0.1, -0.05) is 6.07 Å². The van der Waals surface area contributed by atoms with Crippen molar-refractivity contribution >= 4 is 17.7 Å². The van der Waals surface area contributed by atoms with Crippen molar-refractivity contribution in [3.8, 4) is 6.07 Å². The number of carbonyl (C=O) groups is 2. The number of hydrogen-bond acceptors (Lipinski definition) is 3. The van der Waals surface area contributed by atoms with Gasteiger partial charge in [0.25, 0.3) is 0 Å². The number of carboxylic acids is 1. The highest BCUT2D eigenvalue weighted by atomic mass is 19.1. The lowest BCUT2D eigenvalue weighted by Crippen LogP contribution is -2.42. The standard InChI is InChI=1S/C12H12FN3O3/c1-7(11(17)18)16(2)12(19)15-10-5-3-4-9(13)8(10)6-14/h3-5,7H,1-2H3,(H,15,19)(H,17,18). The first-order valence-electron chi connectivity index (χ1n) is 5.33. The molecular weight excluding hydrogens is 253 g/mol. The van der Waals surface area contributed by atoms with E-state index in [0.717, 1.165) is 11.0 Å². The summed E-state index contributed by atoms with van der Waals surface area (Å²) in [5, 5.41) is 19.9. The van der Waals surface area contributed by atoms with Crippen molar-refractivity contribution in [2.75, 3.05) is 12.4 Å². The molecule has 1 rings (SSSR count). The van der Waals surface area contributed by atoms with Crippen LogP contribution in [0.5, 0.6) is 0 Å². The fraction of sp³-hybridized carbons (Fsp3) is 0.250. The largest absolute Gasteiger partial charge is 0.480 e. The normalized spacial score (nSPS) is 11.3. The van der Waals surface area contributed by atoms with Crippen molar-refractivity contribution in [2.24, 2.45) is 0 Å². The molecule has 0 saturated carbocycles. The first-order valence-corrected chi connectivity index (χ1v) is 5.33. The Kier molecular flexibility index (Phi) is 4.42. The fourth-order valence-corrected chi connectivity index (χ4v) is 1.29. The average molecular weight is 265 g/mol. The lowest BCUT2D eigenvalue weighted by Gasteiger charge is -2.22. The molecule has 0 aliphatic carbocycles. The number of anilines is 1.